The van der Waals surface area contributed by atoms with Crippen LogP contribution < -0.4 is 5.32 Å². The van der Waals surface area contributed by atoms with Gasteiger partial charge in [-0.3, -0.25) is 14.5 Å². The SMILES string of the molecule is N#Cc1ccc(CN(Cc2cccc(F)c2)C(=O)CN2C(=O)NC3(CCCCC3)C2=O)cc1. The number of nitrogens with one attached hydrogen (secondary N) is 1. The summed E-state index contributed by atoms with van der Waals surface area (Å²) in [6.45, 7) is -0.0702. The average molecular weight is 448 g/mol. The first-order valence-corrected chi connectivity index (χ1v) is 11.1. The zero-order valence-corrected chi connectivity index (χ0v) is 18.2. The third-order valence-electron chi connectivity index (χ3n) is 6.32. The second-order valence-corrected chi connectivity index (χ2v) is 8.65. The number of imide groups is 1. The number of nitrogens with zero attached hydrogens (tertiary/aromatic N) is 3. The van der Waals surface area contributed by atoms with Gasteiger partial charge in [-0.05, 0) is 48.2 Å². The minimum atomic E-state index is -0.893. The topological polar surface area (TPSA) is 93.5 Å². The summed E-state index contributed by atoms with van der Waals surface area (Å²) in [6, 6.07) is 14.3. The van der Waals surface area contributed by atoms with Crippen LogP contribution in [-0.2, 0) is 22.7 Å². The zero-order valence-electron chi connectivity index (χ0n) is 18.2. The molecule has 33 heavy (non-hydrogen) atoms. The number of benzene rings is 2. The molecule has 1 aliphatic carbocycles. The second kappa shape index (κ2) is 9.41. The van der Waals surface area contributed by atoms with Crippen LogP contribution >= 0.6 is 0 Å². The predicted octanol–water partition coefficient (Wildman–Crippen LogP) is 3.48. The molecule has 170 valence electrons. The minimum Gasteiger partial charge on any atom is -0.332 e. The van der Waals surface area contributed by atoms with Gasteiger partial charge in [-0.2, -0.15) is 5.26 Å². The summed E-state index contributed by atoms with van der Waals surface area (Å²) in [5.41, 5.74) is 0.979. The molecule has 1 heterocycles. The highest BCUT2D eigenvalue weighted by atomic mass is 19.1. The maximum Gasteiger partial charge on any atom is 0.325 e. The summed E-state index contributed by atoms with van der Waals surface area (Å²) in [7, 11) is 0. The fourth-order valence-electron chi connectivity index (χ4n) is 4.54. The maximum atomic E-state index is 13.7. The van der Waals surface area contributed by atoms with E-state index in [1.807, 2.05) is 0 Å². The molecule has 4 rings (SSSR count). The Hall–Kier alpha value is -3.73. The van der Waals surface area contributed by atoms with E-state index in [1.54, 1.807) is 36.4 Å². The molecular weight excluding hydrogens is 423 g/mol. The predicted molar refractivity (Wildman–Crippen MR) is 118 cm³/mol. The molecule has 1 saturated carbocycles. The highest BCUT2D eigenvalue weighted by molar-refractivity contribution is 6.09. The van der Waals surface area contributed by atoms with E-state index in [4.69, 9.17) is 5.26 Å². The quantitative estimate of drug-likeness (QED) is 0.685. The van der Waals surface area contributed by atoms with Crippen LogP contribution in [-0.4, -0.2) is 39.7 Å². The van der Waals surface area contributed by atoms with Crippen molar-refractivity contribution in [1.82, 2.24) is 15.1 Å². The molecule has 7 nitrogen and oxygen atoms in total. The van der Waals surface area contributed by atoms with Gasteiger partial charge in [0.1, 0.15) is 17.9 Å². The lowest BCUT2D eigenvalue weighted by Gasteiger charge is -2.30. The largest absolute Gasteiger partial charge is 0.332 e. The Morgan fingerprint density at radius 1 is 1.06 bits per heavy atom. The van der Waals surface area contributed by atoms with Gasteiger partial charge in [0.05, 0.1) is 11.6 Å². The van der Waals surface area contributed by atoms with Gasteiger partial charge < -0.3 is 10.2 Å². The lowest BCUT2D eigenvalue weighted by atomic mass is 9.82. The van der Waals surface area contributed by atoms with Crippen LogP contribution in [0.15, 0.2) is 48.5 Å². The molecule has 1 spiro atoms. The summed E-state index contributed by atoms with van der Waals surface area (Å²) >= 11 is 0. The molecule has 2 fully saturated rings. The fourth-order valence-corrected chi connectivity index (χ4v) is 4.54. The van der Waals surface area contributed by atoms with Crippen molar-refractivity contribution in [3.63, 3.8) is 0 Å². The molecule has 0 radical (unpaired) electrons. The molecule has 4 amide bonds. The smallest absolute Gasteiger partial charge is 0.325 e. The van der Waals surface area contributed by atoms with E-state index in [2.05, 4.69) is 11.4 Å². The van der Waals surface area contributed by atoms with Gasteiger partial charge in [0.2, 0.25) is 5.91 Å². The van der Waals surface area contributed by atoms with Gasteiger partial charge >= 0.3 is 6.03 Å². The van der Waals surface area contributed by atoms with Gasteiger partial charge in [-0.25, -0.2) is 9.18 Å². The number of halogens is 1. The zero-order chi connectivity index (χ0) is 23.4. The monoisotopic (exact) mass is 448 g/mol. The number of amides is 4. The number of urea groups is 1. The van der Waals surface area contributed by atoms with E-state index < -0.39 is 23.3 Å². The second-order valence-electron chi connectivity index (χ2n) is 8.65. The Morgan fingerprint density at radius 2 is 1.76 bits per heavy atom. The molecule has 0 unspecified atom stereocenters. The first-order chi connectivity index (χ1) is 15.9. The maximum absolute atomic E-state index is 13.7. The van der Waals surface area contributed by atoms with E-state index in [0.717, 1.165) is 29.7 Å². The van der Waals surface area contributed by atoms with Crippen LogP contribution in [0, 0.1) is 17.1 Å². The fraction of sp³-hybridized carbons (Fsp3) is 0.360. The standard InChI is InChI=1S/C25H25FN4O3/c26-21-6-4-5-20(13-21)16-29(15-19-9-7-18(14-27)8-10-19)22(31)17-30-23(32)25(28-24(30)33)11-2-1-3-12-25/h4-10,13H,1-3,11-12,15-17H2,(H,28,33). The number of carbonyl (C=O) groups excluding carboxylic acids is 3. The molecule has 8 heteroatoms. The minimum absolute atomic E-state index is 0.116. The number of nitriles is 1. The van der Waals surface area contributed by atoms with Gasteiger partial charge in [0.25, 0.3) is 5.91 Å². The first-order valence-electron chi connectivity index (χ1n) is 11.1. The van der Waals surface area contributed by atoms with Crippen molar-refractivity contribution < 1.29 is 18.8 Å². The van der Waals surface area contributed by atoms with Crippen molar-refractivity contribution in [2.45, 2.75) is 50.7 Å². The summed E-state index contributed by atoms with van der Waals surface area (Å²) in [5, 5.41) is 11.8. The molecule has 0 aromatic heterocycles. The number of carbonyl (C=O) groups is 3. The van der Waals surface area contributed by atoms with Crippen LogP contribution in [0.4, 0.5) is 9.18 Å². The average Bonchev–Trinajstić information content (AvgIpc) is 3.03. The molecule has 1 aliphatic heterocycles. The van der Waals surface area contributed by atoms with Crippen molar-refractivity contribution in [3.8, 4) is 6.07 Å². The normalized spacial score (nSPS) is 17.0. The molecule has 0 bridgehead atoms. The Bertz CT molecular complexity index is 1100. The Morgan fingerprint density at radius 3 is 2.42 bits per heavy atom. The molecule has 1 saturated heterocycles. The van der Waals surface area contributed by atoms with E-state index in [9.17, 15) is 18.8 Å². The van der Waals surface area contributed by atoms with Crippen LogP contribution in [0.2, 0.25) is 0 Å². The lowest BCUT2D eigenvalue weighted by molar-refractivity contribution is -0.140. The van der Waals surface area contributed by atoms with Gasteiger partial charge in [-0.1, -0.05) is 43.5 Å². The van der Waals surface area contributed by atoms with Gasteiger partial charge in [0, 0.05) is 13.1 Å². The van der Waals surface area contributed by atoms with Crippen LogP contribution in [0.1, 0.15) is 48.8 Å². The number of hydrogen-bond acceptors (Lipinski definition) is 4. The van der Waals surface area contributed by atoms with Crippen molar-refractivity contribution in [2.24, 2.45) is 0 Å². The van der Waals surface area contributed by atoms with Gasteiger partial charge in [-0.15, -0.1) is 0 Å². The van der Waals surface area contributed by atoms with Crippen molar-refractivity contribution in [2.75, 3.05) is 6.54 Å². The number of rotatable bonds is 6. The first kappa shape index (κ1) is 22.5. The molecule has 1 N–H and O–H groups in total. The molecule has 2 aromatic carbocycles. The molecule has 2 aliphatic rings. The third-order valence-corrected chi connectivity index (χ3v) is 6.32. The highest BCUT2D eigenvalue weighted by Crippen LogP contribution is 2.33. The summed E-state index contributed by atoms with van der Waals surface area (Å²) in [4.78, 5) is 41.4. The van der Waals surface area contributed by atoms with E-state index >= 15 is 0 Å². The van der Waals surface area contributed by atoms with Crippen LogP contribution in [0.5, 0.6) is 0 Å². The van der Waals surface area contributed by atoms with Crippen molar-refractivity contribution in [1.29, 1.82) is 5.26 Å². The molecular formula is C25H25FN4O3. The molecule has 0 atom stereocenters. The van der Waals surface area contributed by atoms with Crippen molar-refractivity contribution in [3.05, 3.63) is 71.0 Å². The van der Waals surface area contributed by atoms with E-state index in [-0.39, 0.29) is 25.5 Å². The Kier molecular flexibility index (Phi) is 6.40. The van der Waals surface area contributed by atoms with Crippen molar-refractivity contribution >= 4 is 17.8 Å². The van der Waals surface area contributed by atoms with E-state index in [1.165, 1.54) is 17.0 Å². The highest BCUT2D eigenvalue weighted by Gasteiger charge is 2.51. The lowest BCUT2D eigenvalue weighted by Crippen LogP contribution is -2.49. The Balaban J connectivity index is 1.53. The number of hydrogen-bond donors (Lipinski definition) is 1. The van der Waals surface area contributed by atoms with Gasteiger partial charge in [0.15, 0.2) is 0 Å². The van der Waals surface area contributed by atoms with Crippen LogP contribution in [0.3, 0.4) is 0 Å². The van der Waals surface area contributed by atoms with Crippen LogP contribution in [0.25, 0.3) is 0 Å². The summed E-state index contributed by atoms with van der Waals surface area (Å²) < 4.78 is 13.7. The summed E-state index contributed by atoms with van der Waals surface area (Å²) in [5.74, 6) is -1.17. The van der Waals surface area contributed by atoms with E-state index in [0.29, 0.717) is 24.0 Å². The molecule has 2 aromatic rings. The third kappa shape index (κ3) is 4.87. The Labute approximate surface area is 191 Å². The summed E-state index contributed by atoms with van der Waals surface area (Å²) in [6.07, 6.45) is 3.91.